The number of carbonyl (C=O) groups excluding carboxylic acids is 2. The fourth-order valence-corrected chi connectivity index (χ4v) is 2.32. The standard InChI is InChI=1S/C17H23NO3/c1-11-5-8-15(9-12(11)2)18(16(19)14-6-7-14)10-13(3)17(20)21-4/h5,8-9,13-14H,6-7,10H2,1-4H3. The molecule has 1 aromatic carbocycles. The molecule has 0 N–H and O–H groups in total. The van der Waals surface area contributed by atoms with Gasteiger partial charge < -0.3 is 9.64 Å². The van der Waals surface area contributed by atoms with Crippen molar-refractivity contribution in [3.05, 3.63) is 29.3 Å². The molecule has 1 aromatic rings. The fraction of sp³-hybridized carbons (Fsp3) is 0.529. The number of aryl methyl sites for hydroxylation is 2. The van der Waals surface area contributed by atoms with E-state index < -0.39 is 0 Å². The van der Waals surface area contributed by atoms with Crippen LogP contribution < -0.4 is 4.90 Å². The molecular weight excluding hydrogens is 266 g/mol. The maximum atomic E-state index is 12.5. The Bertz CT molecular complexity index is 549. The first-order valence-corrected chi connectivity index (χ1v) is 7.40. The van der Waals surface area contributed by atoms with E-state index in [1.54, 1.807) is 11.8 Å². The summed E-state index contributed by atoms with van der Waals surface area (Å²) < 4.78 is 4.77. The minimum absolute atomic E-state index is 0.119. The number of anilines is 1. The number of nitrogens with zero attached hydrogens (tertiary/aromatic N) is 1. The van der Waals surface area contributed by atoms with Crippen LogP contribution in [0.25, 0.3) is 0 Å². The minimum Gasteiger partial charge on any atom is -0.469 e. The van der Waals surface area contributed by atoms with Gasteiger partial charge in [0, 0.05) is 18.2 Å². The number of hydrogen-bond acceptors (Lipinski definition) is 3. The average Bonchev–Trinajstić information content (AvgIpc) is 3.30. The Morgan fingerprint density at radius 2 is 1.95 bits per heavy atom. The molecular formula is C17H23NO3. The lowest BCUT2D eigenvalue weighted by molar-refractivity contribution is -0.144. The molecule has 1 saturated carbocycles. The fourth-order valence-electron chi connectivity index (χ4n) is 2.32. The Morgan fingerprint density at radius 1 is 1.29 bits per heavy atom. The van der Waals surface area contributed by atoms with E-state index in [-0.39, 0.29) is 23.7 Å². The van der Waals surface area contributed by atoms with Crippen LogP contribution in [-0.2, 0) is 14.3 Å². The van der Waals surface area contributed by atoms with Crippen molar-refractivity contribution in [2.24, 2.45) is 11.8 Å². The summed E-state index contributed by atoms with van der Waals surface area (Å²) in [6.45, 7) is 6.23. The van der Waals surface area contributed by atoms with Gasteiger partial charge in [-0.05, 0) is 49.9 Å². The molecule has 0 aliphatic heterocycles. The molecule has 2 rings (SSSR count). The van der Waals surface area contributed by atoms with E-state index in [9.17, 15) is 9.59 Å². The molecule has 0 heterocycles. The first-order valence-electron chi connectivity index (χ1n) is 7.40. The van der Waals surface area contributed by atoms with Gasteiger partial charge in [0.25, 0.3) is 0 Å². The highest BCUT2D eigenvalue weighted by molar-refractivity contribution is 5.97. The van der Waals surface area contributed by atoms with Crippen molar-refractivity contribution in [1.29, 1.82) is 0 Å². The average molecular weight is 289 g/mol. The molecule has 0 radical (unpaired) electrons. The zero-order valence-corrected chi connectivity index (χ0v) is 13.2. The van der Waals surface area contributed by atoms with E-state index in [4.69, 9.17) is 4.74 Å². The van der Waals surface area contributed by atoms with Crippen LogP contribution in [0, 0.1) is 25.7 Å². The predicted molar refractivity (Wildman–Crippen MR) is 82.2 cm³/mol. The highest BCUT2D eigenvalue weighted by Crippen LogP contribution is 2.33. The van der Waals surface area contributed by atoms with E-state index in [1.807, 2.05) is 32.0 Å². The van der Waals surface area contributed by atoms with Crippen LogP contribution in [0.2, 0.25) is 0 Å². The second-order valence-electron chi connectivity index (χ2n) is 5.92. The summed E-state index contributed by atoms with van der Waals surface area (Å²) in [6, 6.07) is 5.98. The number of amides is 1. The van der Waals surface area contributed by atoms with Gasteiger partial charge in [0.1, 0.15) is 0 Å². The number of hydrogen-bond donors (Lipinski definition) is 0. The van der Waals surface area contributed by atoms with Gasteiger partial charge in [-0.1, -0.05) is 13.0 Å². The zero-order valence-electron chi connectivity index (χ0n) is 13.2. The third-order valence-corrected chi connectivity index (χ3v) is 4.05. The summed E-state index contributed by atoms with van der Waals surface area (Å²) in [5.41, 5.74) is 3.20. The normalized spacial score (nSPS) is 15.4. The molecule has 1 aliphatic rings. The lowest BCUT2D eigenvalue weighted by atomic mass is 10.1. The SMILES string of the molecule is COC(=O)C(C)CN(C(=O)C1CC1)c1ccc(C)c(C)c1. The van der Waals surface area contributed by atoms with Gasteiger partial charge in [-0.25, -0.2) is 0 Å². The van der Waals surface area contributed by atoms with Crippen molar-refractivity contribution in [2.45, 2.75) is 33.6 Å². The first-order chi connectivity index (χ1) is 9.93. The van der Waals surface area contributed by atoms with E-state index in [1.165, 1.54) is 12.7 Å². The van der Waals surface area contributed by atoms with Gasteiger partial charge in [0.2, 0.25) is 5.91 Å². The number of rotatable bonds is 5. The third-order valence-electron chi connectivity index (χ3n) is 4.05. The number of esters is 1. The van der Waals surface area contributed by atoms with Crippen molar-refractivity contribution in [3.63, 3.8) is 0 Å². The van der Waals surface area contributed by atoms with Crippen LogP contribution in [0.5, 0.6) is 0 Å². The Kier molecular flexibility index (Phi) is 4.66. The molecule has 0 spiro atoms. The van der Waals surface area contributed by atoms with Crippen molar-refractivity contribution in [2.75, 3.05) is 18.6 Å². The van der Waals surface area contributed by atoms with Crippen molar-refractivity contribution >= 4 is 17.6 Å². The van der Waals surface area contributed by atoms with Gasteiger partial charge in [0.15, 0.2) is 0 Å². The molecule has 0 saturated heterocycles. The van der Waals surface area contributed by atoms with Crippen LogP contribution in [0.1, 0.15) is 30.9 Å². The predicted octanol–water partition coefficient (Wildman–Crippen LogP) is 2.86. The molecule has 1 amide bonds. The van der Waals surface area contributed by atoms with Crippen molar-refractivity contribution < 1.29 is 14.3 Å². The van der Waals surface area contributed by atoms with Gasteiger partial charge in [-0.15, -0.1) is 0 Å². The van der Waals surface area contributed by atoms with Gasteiger partial charge in [0.05, 0.1) is 13.0 Å². The quantitative estimate of drug-likeness (QED) is 0.783. The van der Waals surface area contributed by atoms with Crippen LogP contribution in [0.15, 0.2) is 18.2 Å². The smallest absolute Gasteiger partial charge is 0.310 e. The second-order valence-corrected chi connectivity index (χ2v) is 5.92. The minimum atomic E-state index is -0.334. The highest BCUT2D eigenvalue weighted by atomic mass is 16.5. The van der Waals surface area contributed by atoms with E-state index in [0.717, 1.165) is 24.1 Å². The Morgan fingerprint density at radius 3 is 2.48 bits per heavy atom. The topological polar surface area (TPSA) is 46.6 Å². The van der Waals surface area contributed by atoms with Gasteiger partial charge in [-0.2, -0.15) is 0 Å². The largest absolute Gasteiger partial charge is 0.469 e. The van der Waals surface area contributed by atoms with Crippen LogP contribution in [0.3, 0.4) is 0 Å². The van der Waals surface area contributed by atoms with Crippen LogP contribution >= 0.6 is 0 Å². The molecule has 1 atom stereocenters. The number of benzene rings is 1. The van der Waals surface area contributed by atoms with Crippen molar-refractivity contribution in [1.82, 2.24) is 0 Å². The Balaban J connectivity index is 2.24. The highest BCUT2D eigenvalue weighted by Gasteiger charge is 2.35. The molecule has 1 fully saturated rings. The monoisotopic (exact) mass is 289 g/mol. The molecule has 4 nitrogen and oxygen atoms in total. The molecule has 1 aliphatic carbocycles. The lowest BCUT2D eigenvalue weighted by Crippen LogP contribution is -2.38. The van der Waals surface area contributed by atoms with Gasteiger partial charge in [-0.3, -0.25) is 9.59 Å². The van der Waals surface area contributed by atoms with Crippen LogP contribution in [-0.4, -0.2) is 25.5 Å². The van der Waals surface area contributed by atoms with E-state index in [0.29, 0.717) is 6.54 Å². The summed E-state index contributed by atoms with van der Waals surface area (Å²) >= 11 is 0. The summed E-state index contributed by atoms with van der Waals surface area (Å²) in [4.78, 5) is 25.9. The molecule has 0 aromatic heterocycles. The summed E-state index contributed by atoms with van der Waals surface area (Å²) in [5.74, 6) is -0.378. The van der Waals surface area contributed by atoms with E-state index >= 15 is 0 Å². The second kappa shape index (κ2) is 6.29. The Labute approximate surface area is 126 Å². The Hall–Kier alpha value is -1.84. The number of carbonyl (C=O) groups is 2. The zero-order chi connectivity index (χ0) is 15.6. The molecule has 21 heavy (non-hydrogen) atoms. The number of methoxy groups -OCH3 is 1. The molecule has 4 heteroatoms. The summed E-state index contributed by atoms with van der Waals surface area (Å²) in [7, 11) is 1.38. The maximum Gasteiger partial charge on any atom is 0.310 e. The van der Waals surface area contributed by atoms with E-state index in [2.05, 4.69) is 0 Å². The molecule has 114 valence electrons. The van der Waals surface area contributed by atoms with Crippen molar-refractivity contribution in [3.8, 4) is 0 Å². The lowest BCUT2D eigenvalue weighted by Gasteiger charge is -2.26. The van der Waals surface area contributed by atoms with Gasteiger partial charge >= 0.3 is 5.97 Å². The molecule has 1 unspecified atom stereocenters. The van der Waals surface area contributed by atoms with Crippen LogP contribution in [0.4, 0.5) is 5.69 Å². The summed E-state index contributed by atoms with van der Waals surface area (Å²) in [6.07, 6.45) is 1.90. The molecule has 0 bridgehead atoms. The third kappa shape index (κ3) is 3.63. The maximum absolute atomic E-state index is 12.5. The number of ether oxygens (including phenoxy) is 1. The first kappa shape index (κ1) is 15.5. The summed E-state index contributed by atoms with van der Waals surface area (Å²) in [5, 5.41) is 0.